The van der Waals surface area contributed by atoms with Crippen LogP contribution in [0.15, 0.2) is 47.7 Å². The second-order valence-electron chi connectivity index (χ2n) is 8.35. The van der Waals surface area contributed by atoms with Crippen LogP contribution in [0.3, 0.4) is 0 Å². The highest BCUT2D eigenvalue weighted by Crippen LogP contribution is 2.18. The number of aliphatic carboxylic acids is 1. The highest BCUT2D eigenvalue weighted by atomic mass is 32.2. The van der Waals surface area contributed by atoms with E-state index in [4.69, 9.17) is 25.8 Å². The van der Waals surface area contributed by atoms with Crippen molar-refractivity contribution in [2.75, 3.05) is 17.9 Å². The normalized spacial score (nSPS) is 17.1. The highest BCUT2D eigenvalue weighted by Gasteiger charge is 2.34. The zero-order valence-electron chi connectivity index (χ0n) is 21.2. The molecule has 0 bridgehead atoms. The molecule has 1 aliphatic heterocycles. The molecule has 208 valence electrons. The number of nitrogens with one attached hydrogen (secondary N) is 3. The van der Waals surface area contributed by atoms with Gasteiger partial charge in [-0.25, -0.2) is 13.4 Å². The van der Waals surface area contributed by atoms with Crippen LogP contribution in [0.2, 0.25) is 0 Å². The number of aromatic nitrogens is 2. The molecule has 14 nitrogen and oxygen atoms in total. The van der Waals surface area contributed by atoms with Crippen molar-refractivity contribution in [2.45, 2.75) is 51.3 Å². The monoisotopic (exact) mass is 551 g/mol. The lowest BCUT2D eigenvalue weighted by molar-refractivity contribution is -0.134. The Bertz CT molecular complexity index is 1260. The van der Waals surface area contributed by atoms with E-state index in [0.717, 1.165) is 17.7 Å². The van der Waals surface area contributed by atoms with Crippen molar-refractivity contribution in [3.63, 3.8) is 0 Å². The number of amides is 1. The Balaban J connectivity index is 0.00000118. The van der Waals surface area contributed by atoms with Gasteiger partial charge in [0.2, 0.25) is 15.9 Å². The molecule has 1 aromatic carbocycles. The summed E-state index contributed by atoms with van der Waals surface area (Å²) in [6.07, 6.45) is 3.00. The molecule has 0 aliphatic carbocycles. The van der Waals surface area contributed by atoms with Gasteiger partial charge in [-0.05, 0) is 25.3 Å². The summed E-state index contributed by atoms with van der Waals surface area (Å²) in [5.41, 5.74) is 5.26. The van der Waals surface area contributed by atoms with Crippen molar-refractivity contribution in [2.24, 2.45) is 5.73 Å². The van der Waals surface area contributed by atoms with Crippen LogP contribution in [0.25, 0.3) is 0 Å². The molecule has 0 saturated carbocycles. The minimum Gasteiger partial charge on any atom is -0.481 e. The van der Waals surface area contributed by atoms with Gasteiger partial charge in [0.05, 0.1) is 24.3 Å². The number of nitrogens with two attached hydrogens (primary N) is 1. The molecule has 1 amide bonds. The van der Waals surface area contributed by atoms with Crippen molar-refractivity contribution in [3.8, 4) is 0 Å². The molecular formula is C23H33N7O7S. The molecule has 1 aromatic heterocycles. The number of carboxylic acids is 1. The summed E-state index contributed by atoms with van der Waals surface area (Å²) in [4.78, 5) is 39.9. The maximum Gasteiger partial charge on any atom is 0.300 e. The van der Waals surface area contributed by atoms with Crippen molar-refractivity contribution in [1.82, 2.24) is 19.8 Å². The number of hydrogen-bond donors (Lipinski definition) is 5. The van der Waals surface area contributed by atoms with E-state index in [1.807, 2.05) is 0 Å². The van der Waals surface area contributed by atoms with E-state index in [9.17, 15) is 18.0 Å². The van der Waals surface area contributed by atoms with Crippen LogP contribution in [0, 0.1) is 5.41 Å². The van der Waals surface area contributed by atoms with Crippen LogP contribution in [0.4, 0.5) is 5.69 Å². The van der Waals surface area contributed by atoms with Gasteiger partial charge < -0.3 is 25.8 Å². The number of likely N-dealkylation sites (tertiary alicyclic amines) is 1. The Kier molecular flexibility index (Phi) is 11.2. The van der Waals surface area contributed by atoms with E-state index in [1.54, 1.807) is 42.2 Å². The molecule has 2 aromatic rings. The number of rotatable bonds is 9. The first-order valence-electron chi connectivity index (χ1n) is 11.7. The Morgan fingerprint density at radius 1 is 1.29 bits per heavy atom. The topological polar surface area (TPSA) is 210 Å². The van der Waals surface area contributed by atoms with Crippen LogP contribution >= 0.6 is 0 Å². The lowest BCUT2D eigenvalue weighted by atomic mass is 10.0. The number of ether oxygens (including phenoxy) is 1. The third-order valence-corrected chi connectivity index (χ3v) is 6.48. The lowest BCUT2D eigenvalue weighted by Gasteiger charge is -2.41. The van der Waals surface area contributed by atoms with Crippen LogP contribution in [0.1, 0.15) is 32.3 Å². The number of anilines is 1. The smallest absolute Gasteiger partial charge is 0.300 e. The fourth-order valence-corrected chi connectivity index (χ4v) is 4.96. The zero-order valence-corrected chi connectivity index (χ0v) is 22.0. The summed E-state index contributed by atoms with van der Waals surface area (Å²) in [6.45, 7) is 3.44. The second kappa shape index (κ2) is 14.1. The van der Waals surface area contributed by atoms with Gasteiger partial charge in [0.1, 0.15) is 12.2 Å². The van der Waals surface area contributed by atoms with Gasteiger partial charge in [0, 0.05) is 20.1 Å². The van der Waals surface area contributed by atoms with Gasteiger partial charge in [-0.1, -0.05) is 30.3 Å². The fraction of sp³-hybridized carbons (Fsp3) is 0.435. The Morgan fingerprint density at radius 3 is 2.55 bits per heavy atom. The highest BCUT2D eigenvalue weighted by molar-refractivity contribution is 7.91. The quantitative estimate of drug-likeness (QED) is 0.210. The number of guanidine groups is 1. The first kappa shape index (κ1) is 30.2. The van der Waals surface area contributed by atoms with Crippen molar-refractivity contribution in [1.29, 1.82) is 5.41 Å². The summed E-state index contributed by atoms with van der Waals surface area (Å²) in [7, 11) is -3.86. The van der Waals surface area contributed by atoms with Gasteiger partial charge in [-0.3, -0.25) is 29.1 Å². The van der Waals surface area contributed by atoms with Crippen LogP contribution in [-0.4, -0.2) is 71.2 Å². The maximum absolute atomic E-state index is 12.8. The number of nitrogens with zero attached hydrogens (tertiary/aromatic N) is 3. The number of piperidine rings is 1. The molecule has 0 spiro atoms. The largest absolute Gasteiger partial charge is 0.481 e. The van der Waals surface area contributed by atoms with Crippen LogP contribution in [0.5, 0.6) is 0 Å². The predicted octanol–water partition coefficient (Wildman–Crippen LogP) is 0.113. The molecule has 15 heteroatoms. The molecule has 1 aliphatic rings. The van der Waals surface area contributed by atoms with E-state index < -0.39 is 39.7 Å². The van der Waals surface area contributed by atoms with E-state index in [0.29, 0.717) is 31.6 Å². The molecular weight excluding hydrogens is 518 g/mol. The van der Waals surface area contributed by atoms with Gasteiger partial charge in [-0.15, -0.1) is 0 Å². The average Bonchev–Trinajstić information content (AvgIpc) is 2.82. The number of carboxylic acid groups (broad SMARTS) is 1. The zero-order chi connectivity index (χ0) is 28.3. The summed E-state index contributed by atoms with van der Waals surface area (Å²) < 4.78 is 34.0. The van der Waals surface area contributed by atoms with Gasteiger partial charge in [-0.2, -0.15) is 0 Å². The average molecular weight is 552 g/mol. The minimum absolute atomic E-state index is 0.145. The van der Waals surface area contributed by atoms with E-state index in [2.05, 4.69) is 15.0 Å². The third kappa shape index (κ3) is 9.48. The Hall–Kier alpha value is -3.98. The lowest BCUT2D eigenvalue weighted by Crippen LogP contribution is -2.60. The van der Waals surface area contributed by atoms with E-state index in [1.165, 1.54) is 6.33 Å². The molecule has 1 saturated heterocycles. The first-order valence-corrected chi connectivity index (χ1v) is 13.4. The van der Waals surface area contributed by atoms with Crippen molar-refractivity contribution >= 4 is 33.5 Å². The standard InChI is InChI=1S/C21H29N7O5S.C2H4O2/c1-2-33-20-16(9-6-10-28(20)21(22)23)25-18(29)12-27-14-24-11-17(19(27)30)26-34(31,32)13-15-7-4-3-5-8-15;1-2(3)4/h3-5,7-8,11,14,16,20,26H,2,6,9-10,12-13H2,1H3,(H3,22,23)(H,25,29);1H3,(H,3,4). The number of carbonyl (C=O) groups is 2. The van der Waals surface area contributed by atoms with E-state index >= 15 is 0 Å². The fourth-order valence-electron chi connectivity index (χ4n) is 3.78. The van der Waals surface area contributed by atoms with Gasteiger partial charge >= 0.3 is 0 Å². The van der Waals surface area contributed by atoms with Crippen molar-refractivity contribution in [3.05, 3.63) is 58.8 Å². The van der Waals surface area contributed by atoms with Gasteiger partial charge in [0.25, 0.3) is 11.5 Å². The van der Waals surface area contributed by atoms with Crippen molar-refractivity contribution < 1.29 is 27.9 Å². The Morgan fingerprint density at radius 2 is 1.95 bits per heavy atom. The summed E-state index contributed by atoms with van der Waals surface area (Å²) in [5.74, 6) is -1.77. The Labute approximate surface area is 220 Å². The van der Waals surface area contributed by atoms with Crippen LogP contribution in [-0.2, 0) is 36.6 Å². The molecule has 38 heavy (non-hydrogen) atoms. The van der Waals surface area contributed by atoms with E-state index in [-0.39, 0.29) is 23.9 Å². The SMILES string of the molecule is CC(=O)O.CCOC1C(NC(=O)Cn2cncc(NS(=O)(=O)Cc3ccccc3)c2=O)CCCN1C(=N)N. The first-order chi connectivity index (χ1) is 17.9. The third-order valence-electron chi connectivity index (χ3n) is 5.24. The molecule has 1 fully saturated rings. The van der Waals surface area contributed by atoms with Crippen LogP contribution < -0.4 is 21.3 Å². The summed E-state index contributed by atoms with van der Waals surface area (Å²) >= 11 is 0. The van der Waals surface area contributed by atoms with Gasteiger partial charge in [0.15, 0.2) is 12.2 Å². The molecule has 2 heterocycles. The number of sulfonamides is 1. The summed E-state index contributed by atoms with van der Waals surface area (Å²) in [6, 6.07) is 8.12. The number of hydrogen-bond acceptors (Lipinski definition) is 8. The molecule has 2 unspecified atom stereocenters. The predicted molar refractivity (Wildman–Crippen MR) is 140 cm³/mol. The number of benzene rings is 1. The molecule has 0 radical (unpaired) electrons. The molecule has 2 atom stereocenters. The maximum atomic E-state index is 12.8. The minimum atomic E-state index is -3.86. The second-order valence-corrected chi connectivity index (χ2v) is 10.1. The number of carbonyl (C=O) groups excluding carboxylic acids is 1. The molecule has 6 N–H and O–H groups in total. The summed E-state index contributed by atoms with van der Waals surface area (Å²) in [5, 5.41) is 18.0. The molecule has 3 rings (SSSR count).